The van der Waals surface area contributed by atoms with Gasteiger partial charge in [0, 0.05) is 35.7 Å². The smallest absolute Gasteiger partial charge is 0.219 e. The highest BCUT2D eigenvalue weighted by atomic mass is 16.5. The Balaban J connectivity index is 1.38. The molecule has 4 nitrogen and oxygen atoms in total. The van der Waals surface area contributed by atoms with E-state index < -0.39 is 0 Å². The summed E-state index contributed by atoms with van der Waals surface area (Å²) < 4.78 is 13.1. The normalized spacial score (nSPS) is 11.7. The lowest BCUT2D eigenvalue weighted by Gasteiger charge is -2.25. The third kappa shape index (κ3) is 7.02. The summed E-state index contributed by atoms with van der Waals surface area (Å²) in [5.41, 5.74) is 8.35. The molecular formula is C42H40N2O2. The third-order valence-electron chi connectivity index (χ3n) is 8.03. The van der Waals surface area contributed by atoms with E-state index in [4.69, 9.17) is 9.47 Å². The second-order valence-corrected chi connectivity index (χ2v) is 13.6. The van der Waals surface area contributed by atoms with Crippen LogP contribution in [0.2, 0.25) is 0 Å². The van der Waals surface area contributed by atoms with Crippen LogP contribution in [0, 0.1) is 0 Å². The summed E-state index contributed by atoms with van der Waals surface area (Å²) in [6.07, 6.45) is 3.60. The van der Waals surface area contributed by atoms with Crippen molar-refractivity contribution >= 4 is 0 Å². The standard InChI is InChI=1S/C42H40N2O2/c1-41(2,3)35-19-17-31(25-37(35)45-39-27-33(21-23-43-39)29-13-9-7-10-14-29)32-18-20-36(42(4,5)6)38(26-32)46-40-28-34(22-24-44-40)30-15-11-8-12-16-30/h7-28H,1-6H3. The molecule has 0 N–H and O–H groups in total. The van der Waals surface area contributed by atoms with Crippen molar-refractivity contribution in [2.24, 2.45) is 0 Å². The predicted octanol–water partition coefficient (Wildman–Crippen LogP) is 11.7. The fourth-order valence-electron chi connectivity index (χ4n) is 5.59. The molecule has 0 radical (unpaired) electrons. The van der Waals surface area contributed by atoms with Gasteiger partial charge in [0.05, 0.1) is 0 Å². The first kappa shape index (κ1) is 30.8. The topological polar surface area (TPSA) is 44.2 Å². The summed E-state index contributed by atoms with van der Waals surface area (Å²) >= 11 is 0. The van der Waals surface area contributed by atoms with Crippen LogP contribution in [0.1, 0.15) is 52.7 Å². The molecule has 0 amide bonds. The van der Waals surface area contributed by atoms with Crippen molar-refractivity contribution in [3.8, 4) is 56.6 Å². The Hall–Kier alpha value is -5.22. The van der Waals surface area contributed by atoms with Crippen LogP contribution in [0.4, 0.5) is 0 Å². The molecule has 6 aromatic rings. The molecule has 0 fully saturated rings. The molecule has 0 unspecified atom stereocenters. The van der Waals surface area contributed by atoms with Crippen LogP contribution in [-0.4, -0.2) is 9.97 Å². The van der Waals surface area contributed by atoms with Crippen LogP contribution >= 0.6 is 0 Å². The molecule has 0 saturated heterocycles. The molecule has 4 heteroatoms. The molecule has 0 saturated carbocycles. The van der Waals surface area contributed by atoms with Gasteiger partial charge in [-0.05, 0) is 68.5 Å². The van der Waals surface area contributed by atoms with Gasteiger partial charge >= 0.3 is 0 Å². The number of hydrogen-bond acceptors (Lipinski definition) is 4. The second kappa shape index (κ2) is 12.6. The lowest BCUT2D eigenvalue weighted by atomic mass is 9.84. The molecule has 46 heavy (non-hydrogen) atoms. The van der Waals surface area contributed by atoms with Crippen LogP contribution in [-0.2, 0) is 10.8 Å². The molecule has 0 aliphatic heterocycles. The van der Waals surface area contributed by atoms with Gasteiger partial charge in [0.15, 0.2) is 0 Å². The SMILES string of the molecule is CC(C)(C)c1ccc(-c2ccc(C(C)(C)C)c(Oc3cc(-c4ccccc4)ccn3)c2)cc1Oc1cc(-c2ccccc2)ccn1. The van der Waals surface area contributed by atoms with E-state index >= 15 is 0 Å². The van der Waals surface area contributed by atoms with Crippen LogP contribution in [0.3, 0.4) is 0 Å². The Morgan fingerprint density at radius 3 is 1.13 bits per heavy atom. The number of benzene rings is 4. The van der Waals surface area contributed by atoms with Crippen molar-refractivity contribution in [3.05, 3.63) is 145 Å². The Labute approximate surface area is 272 Å². The first-order valence-corrected chi connectivity index (χ1v) is 15.7. The average molecular weight is 605 g/mol. The van der Waals surface area contributed by atoms with E-state index in [0.29, 0.717) is 11.8 Å². The summed E-state index contributed by atoms with van der Waals surface area (Å²) in [7, 11) is 0. The zero-order valence-corrected chi connectivity index (χ0v) is 27.4. The maximum absolute atomic E-state index is 6.57. The Bertz CT molecular complexity index is 1810. The molecule has 2 aromatic heterocycles. The molecule has 4 aromatic carbocycles. The number of aromatic nitrogens is 2. The number of hydrogen-bond donors (Lipinski definition) is 0. The first-order valence-electron chi connectivity index (χ1n) is 15.7. The number of nitrogens with zero attached hydrogens (tertiary/aromatic N) is 2. The molecule has 2 heterocycles. The largest absolute Gasteiger partial charge is 0.439 e. The molecule has 0 bridgehead atoms. The monoisotopic (exact) mass is 604 g/mol. The Kier molecular flexibility index (Phi) is 8.46. The van der Waals surface area contributed by atoms with Crippen LogP contribution in [0.5, 0.6) is 23.3 Å². The third-order valence-corrected chi connectivity index (χ3v) is 8.03. The highest BCUT2D eigenvalue weighted by molar-refractivity contribution is 5.70. The van der Waals surface area contributed by atoms with E-state index in [1.54, 1.807) is 12.4 Å². The summed E-state index contributed by atoms with van der Waals surface area (Å²) in [6.45, 7) is 13.2. The fraction of sp³-hybridized carbons (Fsp3) is 0.190. The van der Waals surface area contributed by atoms with Gasteiger partial charge in [-0.3, -0.25) is 0 Å². The van der Waals surface area contributed by atoms with Crippen molar-refractivity contribution < 1.29 is 9.47 Å². The summed E-state index contributed by atoms with van der Waals surface area (Å²) in [5, 5.41) is 0. The van der Waals surface area contributed by atoms with Gasteiger partial charge in [0.1, 0.15) is 11.5 Å². The van der Waals surface area contributed by atoms with Crippen LogP contribution < -0.4 is 9.47 Å². The van der Waals surface area contributed by atoms with Gasteiger partial charge in [-0.2, -0.15) is 0 Å². The van der Waals surface area contributed by atoms with E-state index in [0.717, 1.165) is 56.0 Å². The Morgan fingerprint density at radius 2 is 0.761 bits per heavy atom. The molecule has 0 aliphatic rings. The van der Waals surface area contributed by atoms with Crippen molar-refractivity contribution in [1.82, 2.24) is 9.97 Å². The molecular weight excluding hydrogens is 564 g/mol. The van der Waals surface area contributed by atoms with Crippen molar-refractivity contribution in [1.29, 1.82) is 0 Å². The van der Waals surface area contributed by atoms with Gasteiger partial charge in [-0.1, -0.05) is 126 Å². The minimum absolute atomic E-state index is 0.134. The van der Waals surface area contributed by atoms with Gasteiger partial charge in [0.25, 0.3) is 0 Å². The van der Waals surface area contributed by atoms with E-state index in [9.17, 15) is 0 Å². The zero-order chi connectivity index (χ0) is 32.3. The lowest BCUT2D eigenvalue weighted by molar-refractivity contribution is 0.439. The molecule has 0 spiro atoms. The van der Waals surface area contributed by atoms with Crippen LogP contribution in [0.25, 0.3) is 33.4 Å². The zero-order valence-electron chi connectivity index (χ0n) is 27.4. The number of rotatable bonds is 7. The van der Waals surface area contributed by atoms with Gasteiger partial charge in [-0.15, -0.1) is 0 Å². The fourth-order valence-corrected chi connectivity index (χ4v) is 5.59. The second-order valence-electron chi connectivity index (χ2n) is 13.6. The van der Waals surface area contributed by atoms with Gasteiger partial charge in [-0.25, -0.2) is 9.97 Å². The summed E-state index contributed by atoms with van der Waals surface area (Å²) in [4.78, 5) is 9.13. The highest BCUT2D eigenvalue weighted by Gasteiger charge is 2.23. The number of ether oxygens (including phenoxy) is 2. The Morgan fingerprint density at radius 1 is 0.391 bits per heavy atom. The van der Waals surface area contributed by atoms with E-state index in [2.05, 4.69) is 112 Å². The summed E-state index contributed by atoms with van der Waals surface area (Å²) in [5.74, 6) is 2.67. The number of pyridine rings is 2. The van der Waals surface area contributed by atoms with Crippen LogP contribution in [0.15, 0.2) is 134 Å². The average Bonchev–Trinajstić information content (AvgIpc) is 3.05. The predicted molar refractivity (Wildman–Crippen MR) is 189 cm³/mol. The summed E-state index contributed by atoms with van der Waals surface area (Å²) in [6, 6.07) is 41.4. The van der Waals surface area contributed by atoms with E-state index in [1.807, 2.05) is 60.7 Å². The molecule has 0 aliphatic carbocycles. The minimum atomic E-state index is -0.134. The minimum Gasteiger partial charge on any atom is -0.439 e. The van der Waals surface area contributed by atoms with Crippen molar-refractivity contribution in [2.75, 3.05) is 0 Å². The van der Waals surface area contributed by atoms with Gasteiger partial charge < -0.3 is 9.47 Å². The van der Waals surface area contributed by atoms with Gasteiger partial charge in [0.2, 0.25) is 11.8 Å². The molecule has 0 atom stereocenters. The quantitative estimate of drug-likeness (QED) is 0.182. The van der Waals surface area contributed by atoms with E-state index in [-0.39, 0.29) is 10.8 Å². The lowest BCUT2D eigenvalue weighted by Crippen LogP contribution is -2.13. The maximum Gasteiger partial charge on any atom is 0.219 e. The van der Waals surface area contributed by atoms with Crippen molar-refractivity contribution in [3.63, 3.8) is 0 Å². The molecule has 230 valence electrons. The van der Waals surface area contributed by atoms with Crippen molar-refractivity contribution in [2.45, 2.75) is 52.4 Å². The van der Waals surface area contributed by atoms with E-state index in [1.165, 1.54) is 0 Å². The molecule has 6 rings (SSSR count). The maximum atomic E-state index is 6.57. The first-order chi connectivity index (χ1) is 22.0. The highest BCUT2D eigenvalue weighted by Crippen LogP contribution is 2.41.